The van der Waals surface area contributed by atoms with E-state index < -0.39 is 11.6 Å². The average Bonchev–Trinajstić information content (AvgIpc) is 2.76. The number of hydrogen-bond donors (Lipinski definition) is 0. The van der Waals surface area contributed by atoms with Crippen LogP contribution in [0.1, 0.15) is 89.0 Å². The molecule has 4 unspecified atom stereocenters. The molecule has 0 saturated heterocycles. The lowest BCUT2D eigenvalue weighted by Crippen LogP contribution is -2.30. The molecule has 2 saturated carbocycles. The van der Waals surface area contributed by atoms with Gasteiger partial charge in [0.1, 0.15) is 5.82 Å². The molecule has 0 amide bonds. The maximum absolute atomic E-state index is 14.8. The van der Waals surface area contributed by atoms with Crippen LogP contribution in [0.3, 0.4) is 0 Å². The van der Waals surface area contributed by atoms with Gasteiger partial charge >= 0.3 is 0 Å². The van der Waals surface area contributed by atoms with Gasteiger partial charge in [-0.3, -0.25) is 0 Å². The van der Waals surface area contributed by atoms with Crippen molar-refractivity contribution in [1.29, 1.82) is 0 Å². The molecule has 2 aliphatic carbocycles. The summed E-state index contributed by atoms with van der Waals surface area (Å²) in [5.74, 6) is 2.00. The van der Waals surface area contributed by atoms with Crippen LogP contribution < -0.4 is 4.74 Å². The first-order valence-electron chi connectivity index (χ1n) is 12.1. The highest BCUT2D eigenvalue weighted by Crippen LogP contribution is 2.49. The summed E-state index contributed by atoms with van der Waals surface area (Å²) in [5, 5.41) is 0.691. The Morgan fingerprint density at radius 1 is 0.933 bits per heavy atom. The standard InChI is InChI=1S/C27H36F2O/c1-3-4-5-6-7-18-8-9-20-15-21(11-10-19(20)14-18)23-16-22-12-13-25(30-2)27(29)26(22)24(28)17-23/h12-13,16-21H,3-11,14-15H2,1-2H3. The lowest BCUT2D eigenvalue weighted by atomic mass is 9.63. The van der Waals surface area contributed by atoms with Gasteiger partial charge in [-0.1, -0.05) is 57.6 Å². The van der Waals surface area contributed by atoms with Crippen molar-refractivity contribution in [3.8, 4) is 5.75 Å². The molecule has 1 nitrogen and oxygen atoms in total. The summed E-state index contributed by atoms with van der Waals surface area (Å²) < 4.78 is 34.4. The Kier molecular flexibility index (Phi) is 6.95. The van der Waals surface area contributed by atoms with E-state index in [1.165, 1.54) is 64.9 Å². The third kappa shape index (κ3) is 4.50. The van der Waals surface area contributed by atoms with Crippen LogP contribution in [0.15, 0.2) is 24.3 Å². The second-order valence-electron chi connectivity index (χ2n) is 9.74. The lowest BCUT2D eigenvalue weighted by Gasteiger charge is -2.42. The van der Waals surface area contributed by atoms with E-state index in [-0.39, 0.29) is 11.1 Å². The number of rotatable bonds is 7. The van der Waals surface area contributed by atoms with E-state index in [2.05, 4.69) is 6.92 Å². The number of halogens is 2. The van der Waals surface area contributed by atoms with E-state index in [9.17, 15) is 8.78 Å². The molecule has 0 aromatic heterocycles. The molecule has 0 bridgehead atoms. The molecular formula is C27H36F2O. The number of methoxy groups -OCH3 is 1. The molecule has 2 aromatic rings. The zero-order chi connectivity index (χ0) is 21.1. The fourth-order valence-electron chi connectivity index (χ4n) is 6.18. The van der Waals surface area contributed by atoms with Gasteiger partial charge in [0.15, 0.2) is 11.6 Å². The minimum atomic E-state index is -0.597. The van der Waals surface area contributed by atoms with Crippen molar-refractivity contribution in [2.45, 2.75) is 83.5 Å². The third-order valence-electron chi connectivity index (χ3n) is 7.87. The molecule has 3 heteroatoms. The molecule has 164 valence electrons. The Hall–Kier alpha value is -1.64. The normalized spacial score (nSPS) is 26.5. The van der Waals surface area contributed by atoms with Gasteiger partial charge in [0.2, 0.25) is 0 Å². The molecule has 0 radical (unpaired) electrons. The maximum atomic E-state index is 14.8. The molecule has 0 heterocycles. The van der Waals surface area contributed by atoms with E-state index >= 15 is 0 Å². The minimum Gasteiger partial charge on any atom is -0.494 e. The first-order valence-corrected chi connectivity index (χ1v) is 12.1. The number of fused-ring (bicyclic) bond motifs is 2. The fraction of sp³-hybridized carbons (Fsp3) is 0.630. The summed E-state index contributed by atoms with van der Waals surface area (Å²) in [7, 11) is 1.41. The largest absolute Gasteiger partial charge is 0.494 e. The predicted octanol–water partition coefficient (Wildman–Crippen LogP) is 8.40. The monoisotopic (exact) mass is 414 g/mol. The fourth-order valence-corrected chi connectivity index (χ4v) is 6.18. The predicted molar refractivity (Wildman–Crippen MR) is 120 cm³/mol. The Labute approximate surface area is 180 Å². The highest BCUT2D eigenvalue weighted by atomic mass is 19.1. The van der Waals surface area contributed by atoms with Gasteiger partial charge in [-0.2, -0.15) is 0 Å². The summed E-state index contributed by atoms with van der Waals surface area (Å²) in [6.07, 6.45) is 14.6. The highest BCUT2D eigenvalue weighted by molar-refractivity contribution is 5.86. The van der Waals surface area contributed by atoms with Gasteiger partial charge in [0, 0.05) is 0 Å². The number of benzene rings is 2. The Balaban J connectivity index is 1.42. The van der Waals surface area contributed by atoms with Gasteiger partial charge in [-0.05, 0) is 78.9 Å². The zero-order valence-corrected chi connectivity index (χ0v) is 18.6. The number of ether oxygens (including phenoxy) is 1. The lowest BCUT2D eigenvalue weighted by molar-refractivity contribution is 0.113. The average molecular weight is 415 g/mol. The molecule has 30 heavy (non-hydrogen) atoms. The number of unbranched alkanes of at least 4 members (excludes halogenated alkanes) is 3. The quantitative estimate of drug-likeness (QED) is 0.413. The SMILES string of the molecule is CCCCCCC1CCC2CC(c3cc(F)c4c(F)c(OC)ccc4c3)CCC2C1. The number of hydrogen-bond acceptors (Lipinski definition) is 1. The van der Waals surface area contributed by atoms with Crippen molar-refractivity contribution >= 4 is 10.8 Å². The van der Waals surface area contributed by atoms with Gasteiger partial charge < -0.3 is 4.74 Å². The molecular weight excluding hydrogens is 378 g/mol. The van der Waals surface area contributed by atoms with Crippen molar-refractivity contribution in [2.75, 3.05) is 7.11 Å². The molecule has 2 aliphatic rings. The summed E-state index contributed by atoms with van der Waals surface area (Å²) >= 11 is 0. The molecule has 0 N–H and O–H groups in total. The maximum Gasteiger partial charge on any atom is 0.175 e. The van der Waals surface area contributed by atoms with Gasteiger partial charge in [-0.25, -0.2) is 8.78 Å². The van der Waals surface area contributed by atoms with E-state index in [0.717, 1.165) is 36.2 Å². The Morgan fingerprint density at radius 2 is 1.73 bits per heavy atom. The van der Waals surface area contributed by atoms with E-state index in [1.807, 2.05) is 6.07 Å². The van der Waals surface area contributed by atoms with Gasteiger partial charge in [0.05, 0.1) is 12.5 Å². The molecule has 2 aromatic carbocycles. The second kappa shape index (κ2) is 9.66. The first-order chi connectivity index (χ1) is 14.6. The molecule has 4 rings (SSSR count). The van der Waals surface area contributed by atoms with Crippen molar-refractivity contribution < 1.29 is 13.5 Å². The summed E-state index contributed by atoms with van der Waals surface area (Å²) in [4.78, 5) is 0. The van der Waals surface area contributed by atoms with Crippen LogP contribution in [-0.4, -0.2) is 7.11 Å². The van der Waals surface area contributed by atoms with Crippen molar-refractivity contribution in [1.82, 2.24) is 0 Å². The third-order valence-corrected chi connectivity index (χ3v) is 7.87. The van der Waals surface area contributed by atoms with Crippen LogP contribution in [0.25, 0.3) is 10.8 Å². The van der Waals surface area contributed by atoms with E-state index in [1.54, 1.807) is 18.2 Å². The van der Waals surface area contributed by atoms with Crippen LogP contribution in [0.2, 0.25) is 0 Å². The van der Waals surface area contributed by atoms with Crippen LogP contribution >= 0.6 is 0 Å². The van der Waals surface area contributed by atoms with Crippen molar-refractivity contribution in [3.63, 3.8) is 0 Å². The van der Waals surface area contributed by atoms with Crippen LogP contribution in [0, 0.1) is 29.4 Å². The highest BCUT2D eigenvalue weighted by Gasteiger charge is 2.36. The van der Waals surface area contributed by atoms with Crippen LogP contribution in [-0.2, 0) is 0 Å². The first kappa shape index (κ1) is 21.6. The smallest absolute Gasteiger partial charge is 0.175 e. The minimum absolute atomic E-state index is 0.0513. The van der Waals surface area contributed by atoms with E-state index in [4.69, 9.17) is 4.74 Å². The van der Waals surface area contributed by atoms with E-state index in [0.29, 0.717) is 11.3 Å². The Bertz CT molecular complexity index is 862. The second-order valence-corrected chi connectivity index (χ2v) is 9.74. The molecule has 2 fully saturated rings. The zero-order valence-electron chi connectivity index (χ0n) is 18.6. The Morgan fingerprint density at radius 3 is 2.53 bits per heavy atom. The van der Waals surface area contributed by atoms with Gasteiger partial charge in [-0.15, -0.1) is 0 Å². The van der Waals surface area contributed by atoms with Crippen molar-refractivity contribution in [2.24, 2.45) is 17.8 Å². The van der Waals surface area contributed by atoms with Crippen LogP contribution in [0.5, 0.6) is 5.75 Å². The topological polar surface area (TPSA) is 9.23 Å². The van der Waals surface area contributed by atoms with Crippen molar-refractivity contribution in [3.05, 3.63) is 41.5 Å². The van der Waals surface area contributed by atoms with Gasteiger partial charge in [0.25, 0.3) is 0 Å². The summed E-state index contributed by atoms with van der Waals surface area (Å²) in [6.45, 7) is 2.28. The van der Waals surface area contributed by atoms with Crippen LogP contribution in [0.4, 0.5) is 8.78 Å². The summed E-state index contributed by atoms with van der Waals surface area (Å²) in [6, 6.07) is 6.96. The molecule has 0 spiro atoms. The summed E-state index contributed by atoms with van der Waals surface area (Å²) in [5.41, 5.74) is 1.05. The molecule has 4 atom stereocenters. The molecule has 0 aliphatic heterocycles.